The molecule has 1 amide bonds. The second-order valence-electron chi connectivity index (χ2n) is 4.40. The van der Waals surface area contributed by atoms with Crippen LogP contribution in [-0.2, 0) is 13.6 Å². The number of nitrogens with zero attached hydrogens (tertiary/aromatic N) is 3. The van der Waals surface area contributed by atoms with Crippen LogP contribution in [0.5, 0.6) is 0 Å². The Morgan fingerprint density at radius 3 is 2.85 bits per heavy atom. The lowest BCUT2D eigenvalue weighted by Gasteiger charge is -2.08. The molecule has 7 heteroatoms. The number of hydrogen-bond acceptors (Lipinski definition) is 4. The highest BCUT2D eigenvalue weighted by Crippen LogP contribution is 2.13. The number of hydrogen-bond donors (Lipinski definition) is 2. The first kappa shape index (κ1) is 14.0. The molecule has 0 radical (unpaired) electrons. The molecule has 2 rings (SSSR count). The predicted molar refractivity (Wildman–Crippen MR) is 72.9 cm³/mol. The molecule has 6 nitrogen and oxygen atoms in total. The highest BCUT2D eigenvalue weighted by Gasteiger charge is 2.14. The molecule has 0 saturated carbocycles. The largest absolute Gasteiger partial charge is 0.372 e. The van der Waals surface area contributed by atoms with Gasteiger partial charge in [-0.05, 0) is 13.0 Å². The van der Waals surface area contributed by atoms with Gasteiger partial charge < -0.3 is 10.6 Å². The van der Waals surface area contributed by atoms with Crippen molar-refractivity contribution in [2.75, 3.05) is 12.4 Å². The summed E-state index contributed by atoms with van der Waals surface area (Å²) >= 11 is 0. The van der Waals surface area contributed by atoms with Crippen molar-refractivity contribution in [3.8, 4) is 0 Å². The Kier molecular flexibility index (Phi) is 3.97. The fourth-order valence-corrected chi connectivity index (χ4v) is 1.90. The summed E-state index contributed by atoms with van der Waals surface area (Å²) in [6, 6.07) is 1.16. The SMILES string of the molecule is CNc1ncc(F)cc1C(=O)NCc1cn(C)nc1C. The summed E-state index contributed by atoms with van der Waals surface area (Å²) in [5.74, 6) is -0.594. The molecule has 0 aliphatic carbocycles. The normalized spacial score (nSPS) is 10.4. The van der Waals surface area contributed by atoms with Crippen LogP contribution in [0.25, 0.3) is 0 Å². The van der Waals surface area contributed by atoms with Gasteiger partial charge in [0.2, 0.25) is 0 Å². The molecule has 0 spiro atoms. The average molecular weight is 277 g/mol. The molecule has 0 unspecified atom stereocenters. The number of carbonyl (C=O) groups excluding carboxylic acids is 1. The van der Waals surface area contributed by atoms with Crippen molar-refractivity contribution in [2.45, 2.75) is 13.5 Å². The van der Waals surface area contributed by atoms with E-state index in [1.807, 2.05) is 20.2 Å². The summed E-state index contributed by atoms with van der Waals surface area (Å²) in [5, 5.41) is 9.68. The summed E-state index contributed by atoms with van der Waals surface area (Å²) in [4.78, 5) is 15.9. The molecule has 2 N–H and O–H groups in total. The summed E-state index contributed by atoms with van der Waals surface area (Å²) in [6.07, 6.45) is 2.90. The van der Waals surface area contributed by atoms with Gasteiger partial charge in [0.1, 0.15) is 11.6 Å². The van der Waals surface area contributed by atoms with E-state index in [2.05, 4.69) is 20.7 Å². The number of aromatic nitrogens is 3. The van der Waals surface area contributed by atoms with E-state index in [1.165, 1.54) is 0 Å². The minimum absolute atomic E-state index is 0.175. The number of nitrogens with one attached hydrogen (secondary N) is 2. The van der Waals surface area contributed by atoms with E-state index in [-0.39, 0.29) is 11.5 Å². The van der Waals surface area contributed by atoms with Crippen molar-refractivity contribution < 1.29 is 9.18 Å². The third-order valence-electron chi connectivity index (χ3n) is 2.89. The molecule has 0 fully saturated rings. The zero-order chi connectivity index (χ0) is 14.7. The number of carbonyl (C=O) groups is 1. The molecule has 0 aliphatic heterocycles. The van der Waals surface area contributed by atoms with Crippen molar-refractivity contribution in [2.24, 2.45) is 7.05 Å². The number of pyridine rings is 1. The number of anilines is 1. The van der Waals surface area contributed by atoms with Crippen molar-refractivity contribution in [3.05, 3.63) is 41.1 Å². The lowest BCUT2D eigenvalue weighted by atomic mass is 10.2. The second-order valence-corrected chi connectivity index (χ2v) is 4.40. The van der Waals surface area contributed by atoms with Crippen LogP contribution in [0, 0.1) is 12.7 Å². The highest BCUT2D eigenvalue weighted by atomic mass is 19.1. The molecule has 2 aromatic heterocycles. The number of aryl methyl sites for hydroxylation is 2. The molecule has 0 atom stereocenters. The van der Waals surface area contributed by atoms with E-state index < -0.39 is 5.82 Å². The summed E-state index contributed by atoms with van der Waals surface area (Å²) in [6.45, 7) is 2.20. The Bertz CT molecular complexity index is 638. The van der Waals surface area contributed by atoms with Crippen LogP contribution in [0.15, 0.2) is 18.5 Å². The predicted octanol–water partition coefficient (Wildman–Crippen LogP) is 1.23. The minimum atomic E-state index is -0.549. The Morgan fingerprint density at radius 2 is 2.25 bits per heavy atom. The zero-order valence-corrected chi connectivity index (χ0v) is 11.6. The molecule has 20 heavy (non-hydrogen) atoms. The summed E-state index contributed by atoms with van der Waals surface area (Å²) in [7, 11) is 3.44. The third kappa shape index (κ3) is 2.93. The van der Waals surface area contributed by atoms with E-state index in [1.54, 1.807) is 11.7 Å². The van der Waals surface area contributed by atoms with Crippen LogP contribution in [-0.4, -0.2) is 27.7 Å². The van der Waals surface area contributed by atoms with Gasteiger partial charge in [0.25, 0.3) is 5.91 Å². The standard InChI is InChI=1S/C13H16FN5O/c1-8-9(7-19(3)18-8)5-17-13(20)11-4-10(14)6-16-12(11)15-2/h4,6-7H,5H2,1-3H3,(H,15,16)(H,17,20). The molecule has 0 saturated heterocycles. The molecule has 0 aliphatic rings. The molecule has 2 aromatic rings. The lowest BCUT2D eigenvalue weighted by Crippen LogP contribution is -2.24. The van der Waals surface area contributed by atoms with Gasteiger partial charge in [-0.1, -0.05) is 0 Å². The molecule has 2 heterocycles. The van der Waals surface area contributed by atoms with Crippen LogP contribution in [0.3, 0.4) is 0 Å². The Hall–Kier alpha value is -2.44. The number of rotatable bonds is 4. The lowest BCUT2D eigenvalue weighted by molar-refractivity contribution is 0.0951. The van der Waals surface area contributed by atoms with Crippen molar-refractivity contribution >= 4 is 11.7 Å². The fraction of sp³-hybridized carbons (Fsp3) is 0.308. The van der Waals surface area contributed by atoms with Gasteiger partial charge >= 0.3 is 0 Å². The molecular weight excluding hydrogens is 261 g/mol. The maximum atomic E-state index is 13.2. The Morgan fingerprint density at radius 1 is 1.50 bits per heavy atom. The van der Waals surface area contributed by atoms with Gasteiger partial charge in [0.15, 0.2) is 0 Å². The molecule has 0 aromatic carbocycles. The van der Waals surface area contributed by atoms with Gasteiger partial charge in [-0.3, -0.25) is 9.48 Å². The summed E-state index contributed by atoms with van der Waals surface area (Å²) in [5.41, 5.74) is 1.93. The molecule has 106 valence electrons. The smallest absolute Gasteiger partial charge is 0.255 e. The topological polar surface area (TPSA) is 71.8 Å². The minimum Gasteiger partial charge on any atom is -0.372 e. The van der Waals surface area contributed by atoms with Gasteiger partial charge in [-0.2, -0.15) is 5.10 Å². The Balaban J connectivity index is 2.12. The third-order valence-corrected chi connectivity index (χ3v) is 2.89. The molecular formula is C13H16FN5O. The van der Waals surface area contributed by atoms with Gasteiger partial charge in [-0.25, -0.2) is 9.37 Å². The van der Waals surface area contributed by atoms with Crippen LogP contribution in [0.2, 0.25) is 0 Å². The second kappa shape index (κ2) is 5.68. The maximum absolute atomic E-state index is 13.2. The fourth-order valence-electron chi connectivity index (χ4n) is 1.90. The Labute approximate surface area is 116 Å². The summed E-state index contributed by atoms with van der Waals surface area (Å²) < 4.78 is 14.9. The first-order valence-electron chi connectivity index (χ1n) is 6.12. The number of amides is 1. The first-order valence-corrected chi connectivity index (χ1v) is 6.12. The zero-order valence-electron chi connectivity index (χ0n) is 11.6. The van der Waals surface area contributed by atoms with Crippen molar-refractivity contribution in [1.82, 2.24) is 20.1 Å². The number of halogens is 1. The van der Waals surface area contributed by atoms with Gasteiger partial charge in [0.05, 0.1) is 17.5 Å². The van der Waals surface area contributed by atoms with Gasteiger partial charge in [0, 0.05) is 32.4 Å². The first-order chi connectivity index (χ1) is 9.51. The van der Waals surface area contributed by atoms with E-state index in [4.69, 9.17) is 0 Å². The monoisotopic (exact) mass is 277 g/mol. The molecule has 0 bridgehead atoms. The maximum Gasteiger partial charge on any atom is 0.255 e. The van der Waals surface area contributed by atoms with Crippen LogP contribution in [0.1, 0.15) is 21.6 Å². The van der Waals surface area contributed by atoms with Gasteiger partial charge in [-0.15, -0.1) is 0 Å². The highest BCUT2D eigenvalue weighted by molar-refractivity contribution is 5.98. The average Bonchev–Trinajstić information content (AvgIpc) is 2.74. The van der Waals surface area contributed by atoms with Crippen molar-refractivity contribution in [3.63, 3.8) is 0 Å². The van der Waals surface area contributed by atoms with E-state index in [0.717, 1.165) is 23.5 Å². The van der Waals surface area contributed by atoms with Crippen LogP contribution in [0.4, 0.5) is 10.2 Å². The van der Waals surface area contributed by atoms with E-state index in [9.17, 15) is 9.18 Å². The van der Waals surface area contributed by atoms with E-state index in [0.29, 0.717) is 12.4 Å². The quantitative estimate of drug-likeness (QED) is 0.882. The van der Waals surface area contributed by atoms with Crippen LogP contribution < -0.4 is 10.6 Å². The van der Waals surface area contributed by atoms with Crippen LogP contribution >= 0.6 is 0 Å². The van der Waals surface area contributed by atoms with Crippen molar-refractivity contribution in [1.29, 1.82) is 0 Å². The van der Waals surface area contributed by atoms with E-state index >= 15 is 0 Å².